The molecule has 0 saturated heterocycles. The Bertz CT molecular complexity index is 725. The number of hydrogen-bond donors (Lipinski definition) is 0. The normalized spacial score (nSPS) is 11.1. The molecule has 3 nitrogen and oxygen atoms in total. The van der Waals surface area contributed by atoms with Gasteiger partial charge in [-0.25, -0.2) is 0 Å². The van der Waals surface area contributed by atoms with Crippen LogP contribution in [0.1, 0.15) is 5.56 Å². The van der Waals surface area contributed by atoms with Crippen molar-refractivity contribution in [3.8, 4) is 11.5 Å². The number of fused-ring (bicyclic) bond motifs is 3. The molecule has 18 heavy (non-hydrogen) atoms. The lowest BCUT2D eigenvalue weighted by Gasteiger charge is -2.03. The lowest BCUT2D eigenvalue weighted by atomic mass is 10.1. The molecule has 0 aliphatic rings. The number of furan rings is 1. The van der Waals surface area contributed by atoms with Crippen LogP contribution in [0.15, 0.2) is 34.7 Å². The highest BCUT2D eigenvalue weighted by Crippen LogP contribution is 2.35. The highest BCUT2D eigenvalue weighted by atomic mass is 16.5. The molecule has 0 aliphatic heterocycles. The van der Waals surface area contributed by atoms with Crippen LogP contribution in [0.3, 0.4) is 0 Å². The van der Waals surface area contributed by atoms with Crippen LogP contribution in [-0.2, 0) is 0 Å². The molecule has 0 bridgehead atoms. The van der Waals surface area contributed by atoms with Gasteiger partial charge in [0.2, 0.25) is 0 Å². The quantitative estimate of drug-likeness (QED) is 0.682. The summed E-state index contributed by atoms with van der Waals surface area (Å²) >= 11 is 0. The van der Waals surface area contributed by atoms with E-state index in [4.69, 9.17) is 13.9 Å². The van der Waals surface area contributed by atoms with Crippen molar-refractivity contribution in [1.29, 1.82) is 0 Å². The van der Waals surface area contributed by atoms with Gasteiger partial charge in [-0.3, -0.25) is 0 Å². The van der Waals surface area contributed by atoms with Gasteiger partial charge in [-0.15, -0.1) is 0 Å². The predicted octanol–water partition coefficient (Wildman–Crippen LogP) is 3.91. The second kappa shape index (κ2) is 3.95. The van der Waals surface area contributed by atoms with Gasteiger partial charge in [0.15, 0.2) is 0 Å². The molecule has 0 unspecified atom stereocenters. The summed E-state index contributed by atoms with van der Waals surface area (Å²) in [5, 5.41) is 2.09. The fraction of sp³-hybridized carbons (Fsp3) is 0.200. The van der Waals surface area contributed by atoms with E-state index in [1.54, 1.807) is 14.2 Å². The predicted molar refractivity (Wildman–Crippen MR) is 71.6 cm³/mol. The third-order valence-corrected chi connectivity index (χ3v) is 3.19. The molecule has 3 rings (SSSR count). The molecule has 0 saturated carbocycles. The molecule has 3 aromatic rings. The maximum Gasteiger partial charge on any atom is 0.135 e. The summed E-state index contributed by atoms with van der Waals surface area (Å²) in [6, 6.07) is 9.82. The second-order valence-electron chi connectivity index (χ2n) is 4.28. The maximum atomic E-state index is 5.82. The number of benzene rings is 2. The van der Waals surface area contributed by atoms with E-state index in [2.05, 4.69) is 0 Å². The zero-order valence-corrected chi connectivity index (χ0v) is 10.6. The molecule has 0 aliphatic carbocycles. The van der Waals surface area contributed by atoms with Crippen molar-refractivity contribution in [3.05, 3.63) is 35.9 Å². The van der Waals surface area contributed by atoms with Crippen LogP contribution < -0.4 is 9.47 Å². The van der Waals surface area contributed by atoms with Gasteiger partial charge in [-0.2, -0.15) is 0 Å². The summed E-state index contributed by atoms with van der Waals surface area (Å²) in [5.74, 6) is 1.69. The summed E-state index contributed by atoms with van der Waals surface area (Å²) in [7, 11) is 3.34. The Kier molecular flexibility index (Phi) is 2.40. The summed E-state index contributed by atoms with van der Waals surface area (Å²) in [6.45, 7) is 2.01. The van der Waals surface area contributed by atoms with Crippen molar-refractivity contribution < 1.29 is 13.9 Å². The molecule has 1 aromatic heterocycles. The lowest BCUT2D eigenvalue weighted by molar-refractivity contribution is 0.412. The van der Waals surface area contributed by atoms with Gasteiger partial charge in [0.25, 0.3) is 0 Å². The van der Waals surface area contributed by atoms with Crippen molar-refractivity contribution in [2.45, 2.75) is 6.92 Å². The number of rotatable bonds is 2. The Morgan fingerprint density at radius 2 is 1.67 bits per heavy atom. The minimum Gasteiger partial charge on any atom is -0.497 e. The Hall–Kier alpha value is -2.16. The monoisotopic (exact) mass is 242 g/mol. The zero-order chi connectivity index (χ0) is 12.7. The standard InChI is InChI=1S/C15H14O3/c1-9-6-15-12(8-14(9)17-3)11-7-10(16-2)4-5-13(11)18-15/h4-8H,1-3H3. The third-order valence-electron chi connectivity index (χ3n) is 3.19. The number of methoxy groups -OCH3 is 2. The molecule has 0 fully saturated rings. The fourth-order valence-corrected chi connectivity index (χ4v) is 2.23. The van der Waals surface area contributed by atoms with Gasteiger partial charge in [0, 0.05) is 10.8 Å². The van der Waals surface area contributed by atoms with E-state index in [1.165, 1.54) is 0 Å². The van der Waals surface area contributed by atoms with E-state index in [0.717, 1.165) is 39.0 Å². The van der Waals surface area contributed by atoms with E-state index in [9.17, 15) is 0 Å². The van der Waals surface area contributed by atoms with E-state index in [1.807, 2.05) is 37.3 Å². The fourth-order valence-electron chi connectivity index (χ4n) is 2.23. The molecule has 0 atom stereocenters. The lowest BCUT2D eigenvalue weighted by Crippen LogP contribution is -1.86. The number of aryl methyl sites for hydroxylation is 1. The summed E-state index contributed by atoms with van der Waals surface area (Å²) in [4.78, 5) is 0. The summed E-state index contributed by atoms with van der Waals surface area (Å²) in [5.41, 5.74) is 2.80. The van der Waals surface area contributed by atoms with E-state index in [0.29, 0.717) is 0 Å². The first-order chi connectivity index (χ1) is 8.72. The highest BCUT2D eigenvalue weighted by Gasteiger charge is 2.10. The van der Waals surface area contributed by atoms with Crippen molar-refractivity contribution >= 4 is 21.9 Å². The van der Waals surface area contributed by atoms with Crippen LogP contribution in [0, 0.1) is 6.92 Å². The van der Waals surface area contributed by atoms with Crippen LogP contribution in [0.25, 0.3) is 21.9 Å². The average molecular weight is 242 g/mol. The van der Waals surface area contributed by atoms with Gasteiger partial charge in [0.1, 0.15) is 22.7 Å². The molecule has 0 spiro atoms. The smallest absolute Gasteiger partial charge is 0.135 e. The van der Waals surface area contributed by atoms with E-state index < -0.39 is 0 Å². The van der Waals surface area contributed by atoms with Crippen LogP contribution in [0.2, 0.25) is 0 Å². The maximum absolute atomic E-state index is 5.82. The Balaban J connectivity index is 2.39. The molecule has 1 heterocycles. The second-order valence-corrected chi connectivity index (χ2v) is 4.28. The number of hydrogen-bond acceptors (Lipinski definition) is 3. The van der Waals surface area contributed by atoms with E-state index >= 15 is 0 Å². The van der Waals surface area contributed by atoms with Gasteiger partial charge in [0.05, 0.1) is 14.2 Å². The SMILES string of the molecule is COc1ccc2oc3cc(C)c(OC)cc3c2c1. The largest absolute Gasteiger partial charge is 0.497 e. The number of ether oxygens (including phenoxy) is 2. The van der Waals surface area contributed by atoms with Gasteiger partial charge in [-0.1, -0.05) is 0 Å². The third kappa shape index (κ3) is 1.51. The Morgan fingerprint density at radius 3 is 2.39 bits per heavy atom. The average Bonchev–Trinajstić information content (AvgIpc) is 2.73. The molecular formula is C15H14O3. The molecule has 2 aromatic carbocycles. The summed E-state index contributed by atoms with van der Waals surface area (Å²) < 4.78 is 16.4. The first-order valence-corrected chi connectivity index (χ1v) is 5.78. The van der Waals surface area contributed by atoms with Crippen LogP contribution >= 0.6 is 0 Å². The Morgan fingerprint density at radius 1 is 0.889 bits per heavy atom. The minimum absolute atomic E-state index is 0.824. The van der Waals surface area contributed by atoms with Gasteiger partial charge in [-0.05, 0) is 42.8 Å². The molecule has 0 amide bonds. The molecular weight excluding hydrogens is 228 g/mol. The van der Waals surface area contributed by atoms with Crippen molar-refractivity contribution in [1.82, 2.24) is 0 Å². The Labute approximate surface area is 105 Å². The highest BCUT2D eigenvalue weighted by molar-refractivity contribution is 6.06. The molecule has 92 valence electrons. The van der Waals surface area contributed by atoms with Crippen LogP contribution in [0.4, 0.5) is 0 Å². The molecule has 0 N–H and O–H groups in total. The van der Waals surface area contributed by atoms with Crippen LogP contribution in [0.5, 0.6) is 11.5 Å². The van der Waals surface area contributed by atoms with Crippen LogP contribution in [-0.4, -0.2) is 14.2 Å². The zero-order valence-electron chi connectivity index (χ0n) is 10.6. The van der Waals surface area contributed by atoms with Gasteiger partial charge >= 0.3 is 0 Å². The minimum atomic E-state index is 0.824. The van der Waals surface area contributed by atoms with Crippen molar-refractivity contribution in [2.24, 2.45) is 0 Å². The molecule has 0 radical (unpaired) electrons. The first-order valence-electron chi connectivity index (χ1n) is 5.78. The summed E-state index contributed by atoms with van der Waals surface area (Å²) in [6.07, 6.45) is 0. The molecule has 3 heteroatoms. The van der Waals surface area contributed by atoms with E-state index in [-0.39, 0.29) is 0 Å². The topological polar surface area (TPSA) is 31.6 Å². The van der Waals surface area contributed by atoms with Crippen molar-refractivity contribution in [2.75, 3.05) is 14.2 Å². The van der Waals surface area contributed by atoms with Crippen molar-refractivity contribution in [3.63, 3.8) is 0 Å². The van der Waals surface area contributed by atoms with Gasteiger partial charge < -0.3 is 13.9 Å². The first kappa shape index (κ1) is 11.0.